The molecule has 2 rings (SSSR count). The smallest absolute Gasteiger partial charge is 0.279 e. The molecule has 2 aromatic rings. The number of anilines is 1. The Balaban J connectivity index is 1.89. The Bertz CT molecular complexity index is 740. The molecule has 0 spiro atoms. The van der Waals surface area contributed by atoms with E-state index in [-0.39, 0.29) is 5.91 Å². The topological polar surface area (TPSA) is 42.8 Å². The van der Waals surface area contributed by atoms with Crippen molar-refractivity contribution in [1.29, 1.82) is 0 Å². The molecule has 0 radical (unpaired) electrons. The first-order valence-electron chi connectivity index (χ1n) is 9.56. The predicted molar refractivity (Wildman–Crippen MR) is 111 cm³/mol. The zero-order valence-corrected chi connectivity index (χ0v) is 16.6. The van der Waals surface area contributed by atoms with Gasteiger partial charge >= 0.3 is 0 Å². The molecular formula is C23H31N2O2+. The van der Waals surface area contributed by atoms with E-state index in [1.807, 2.05) is 49.5 Å². The van der Waals surface area contributed by atoms with Gasteiger partial charge in [0, 0.05) is 11.3 Å². The first-order valence-corrected chi connectivity index (χ1v) is 9.56. The quantitative estimate of drug-likeness (QED) is 0.632. The van der Waals surface area contributed by atoms with Gasteiger partial charge in [0.1, 0.15) is 18.9 Å². The highest BCUT2D eigenvalue weighted by Crippen LogP contribution is 2.26. The van der Waals surface area contributed by atoms with Crippen LogP contribution in [0, 0.1) is 0 Å². The highest BCUT2D eigenvalue weighted by molar-refractivity contribution is 5.92. The van der Waals surface area contributed by atoms with Crippen LogP contribution < -0.4 is 15.0 Å². The Morgan fingerprint density at radius 1 is 1.22 bits per heavy atom. The summed E-state index contributed by atoms with van der Waals surface area (Å²) < 4.78 is 5.50. The lowest BCUT2D eigenvalue weighted by atomic mass is 9.97. The second-order valence-corrected chi connectivity index (χ2v) is 7.00. The maximum Gasteiger partial charge on any atom is 0.279 e. The summed E-state index contributed by atoms with van der Waals surface area (Å²) in [6.07, 6.45) is 2.77. The number of hydrogen-bond donors (Lipinski definition) is 2. The molecule has 27 heavy (non-hydrogen) atoms. The summed E-state index contributed by atoms with van der Waals surface area (Å²) in [7, 11) is 2.03. The lowest BCUT2D eigenvalue weighted by Gasteiger charge is -2.17. The van der Waals surface area contributed by atoms with Crippen molar-refractivity contribution >= 4 is 11.6 Å². The standard InChI is InChI=1S/C23H30N2O2/c1-5-15-27-20-13-11-19(12-14-20)16-25(4)17-23(26)24-22-10-8-7-9-21(22)18(3)6-2/h5,7-14,18H,1,6,15-17H2,2-4H3,(H,24,26)/p+1/t18-/m1/s1. The fraction of sp³-hybridized carbons (Fsp3) is 0.348. The molecule has 1 unspecified atom stereocenters. The lowest BCUT2D eigenvalue weighted by Crippen LogP contribution is -3.08. The van der Waals surface area contributed by atoms with Crippen molar-refractivity contribution in [2.24, 2.45) is 0 Å². The number of nitrogens with one attached hydrogen (secondary N) is 2. The molecule has 0 aliphatic heterocycles. The number of para-hydroxylation sites is 1. The highest BCUT2D eigenvalue weighted by atomic mass is 16.5. The third-order valence-corrected chi connectivity index (χ3v) is 4.64. The fourth-order valence-corrected chi connectivity index (χ4v) is 3.00. The van der Waals surface area contributed by atoms with E-state index in [1.54, 1.807) is 6.08 Å². The molecule has 2 atom stereocenters. The second kappa shape index (κ2) is 10.5. The summed E-state index contributed by atoms with van der Waals surface area (Å²) >= 11 is 0. The number of benzene rings is 2. The molecule has 4 heteroatoms. The highest BCUT2D eigenvalue weighted by Gasteiger charge is 2.14. The third kappa shape index (κ3) is 6.57. The van der Waals surface area contributed by atoms with E-state index in [9.17, 15) is 4.79 Å². The molecule has 144 valence electrons. The van der Waals surface area contributed by atoms with Crippen LogP contribution in [0.1, 0.15) is 37.3 Å². The third-order valence-electron chi connectivity index (χ3n) is 4.64. The van der Waals surface area contributed by atoms with E-state index < -0.39 is 0 Å². The van der Waals surface area contributed by atoms with Crippen LogP contribution in [-0.2, 0) is 11.3 Å². The number of carbonyl (C=O) groups excluding carboxylic acids is 1. The molecule has 2 aromatic carbocycles. The van der Waals surface area contributed by atoms with Gasteiger partial charge in [-0.2, -0.15) is 0 Å². The predicted octanol–water partition coefficient (Wildman–Crippen LogP) is 3.42. The van der Waals surface area contributed by atoms with Gasteiger partial charge in [-0.25, -0.2) is 0 Å². The Hall–Kier alpha value is -2.59. The molecule has 0 aliphatic rings. The summed E-state index contributed by atoms with van der Waals surface area (Å²) in [6.45, 7) is 9.69. The summed E-state index contributed by atoms with van der Waals surface area (Å²) in [6, 6.07) is 16.1. The van der Waals surface area contributed by atoms with Crippen LogP contribution in [0.4, 0.5) is 5.69 Å². The first-order chi connectivity index (χ1) is 13.0. The van der Waals surface area contributed by atoms with Crippen LogP contribution >= 0.6 is 0 Å². The molecule has 0 saturated carbocycles. The van der Waals surface area contributed by atoms with Crippen molar-refractivity contribution in [3.8, 4) is 5.75 Å². The van der Waals surface area contributed by atoms with Crippen molar-refractivity contribution in [1.82, 2.24) is 0 Å². The monoisotopic (exact) mass is 367 g/mol. The van der Waals surface area contributed by atoms with Crippen LogP contribution in [-0.4, -0.2) is 26.1 Å². The molecule has 0 heterocycles. The summed E-state index contributed by atoms with van der Waals surface area (Å²) in [5.74, 6) is 1.29. The molecule has 0 aromatic heterocycles. The Labute approximate surface area is 162 Å². The van der Waals surface area contributed by atoms with Crippen LogP contribution in [0.15, 0.2) is 61.2 Å². The van der Waals surface area contributed by atoms with Gasteiger partial charge in [-0.05, 0) is 48.2 Å². The summed E-state index contributed by atoms with van der Waals surface area (Å²) in [5, 5.41) is 3.09. The Kier molecular flexibility index (Phi) is 8.08. The first kappa shape index (κ1) is 20.7. The zero-order valence-electron chi connectivity index (χ0n) is 16.6. The largest absolute Gasteiger partial charge is 0.490 e. The average Bonchev–Trinajstić information content (AvgIpc) is 2.67. The number of quaternary nitrogens is 1. The normalized spacial score (nSPS) is 12.9. The van der Waals surface area contributed by atoms with Gasteiger partial charge < -0.3 is 15.0 Å². The minimum absolute atomic E-state index is 0.0363. The maximum atomic E-state index is 12.5. The van der Waals surface area contributed by atoms with E-state index in [0.29, 0.717) is 19.1 Å². The van der Waals surface area contributed by atoms with Crippen LogP contribution in [0.5, 0.6) is 5.75 Å². The molecule has 0 bridgehead atoms. The zero-order chi connectivity index (χ0) is 19.6. The maximum absolute atomic E-state index is 12.5. The van der Waals surface area contributed by atoms with Gasteiger partial charge in [-0.3, -0.25) is 4.79 Å². The van der Waals surface area contributed by atoms with E-state index in [0.717, 1.165) is 29.3 Å². The molecule has 0 aliphatic carbocycles. The molecule has 0 fully saturated rings. The van der Waals surface area contributed by atoms with E-state index in [1.165, 1.54) is 11.1 Å². The van der Waals surface area contributed by atoms with Gasteiger partial charge in [-0.15, -0.1) is 0 Å². The number of carbonyl (C=O) groups is 1. The molecule has 4 nitrogen and oxygen atoms in total. The number of likely N-dealkylation sites (N-methyl/N-ethyl adjacent to an activating group) is 1. The molecule has 2 N–H and O–H groups in total. The minimum atomic E-state index is 0.0363. The van der Waals surface area contributed by atoms with Crippen LogP contribution in [0.2, 0.25) is 0 Å². The van der Waals surface area contributed by atoms with Gasteiger partial charge in [0.25, 0.3) is 5.91 Å². The number of ether oxygens (including phenoxy) is 1. The molecular weight excluding hydrogens is 336 g/mol. The Morgan fingerprint density at radius 2 is 1.93 bits per heavy atom. The van der Waals surface area contributed by atoms with E-state index in [4.69, 9.17) is 4.74 Å². The van der Waals surface area contributed by atoms with Crippen molar-refractivity contribution in [3.05, 3.63) is 72.3 Å². The van der Waals surface area contributed by atoms with Crippen molar-refractivity contribution < 1.29 is 14.4 Å². The van der Waals surface area contributed by atoms with E-state index in [2.05, 4.69) is 31.8 Å². The van der Waals surface area contributed by atoms with Crippen LogP contribution in [0.25, 0.3) is 0 Å². The summed E-state index contributed by atoms with van der Waals surface area (Å²) in [4.78, 5) is 13.6. The van der Waals surface area contributed by atoms with Gasteiger partial charge in [-0.1, -0.05) is 44.7 Å². The van der Waals surface area contributed by atoms with Crippen molar-refractivity contribution in [3.63, 3.8) is 0 Å². The number of rotatable bonds is 10. The van der Waals surface area contributed by atoms with E-state index >= 15 is 0 Å². The summed E-state index contributed by atoms with van der Waals surface area (Å²) in [5.41, 5.74) is 3.29. The number of hydrogen-bond acceptors (Lipinski definition) is 2. The number of amides is 1. The minimum Gasteiger partial charge on any atom is -0.490 e. The van der Waals surface area contributed by atoms with Crippen molar-refractivity contribution in [2.75, 3.05) is 25.5 Å². The van der Waals surface area contributed by atoms with Gasteiger partial charge in [0.2, 0.25) is 0 Å². The van der Waals surface area contributed by atoms with Gasteiger partial charge in [0.15, 0.2) is 6.54 Å². The fourth-order valence-electron chi connectivity index (χ4n) is 3.00. The lowest BCUT2D eigenvalue weighted by molar-refractivity contribution is -0.885. The molecule has 1 amide bonds. The average molecular weight is 368 g/mol. The second-order valence-electron chi connectivity index (χ2n) is 7.00. The Morgan fingerprint density at radius 3 is 2.59 bits per heavy atom. The molecule has 0 saturated heterocycles. The van der Waals surface area contributed by atoms with Crippen LogP contribution in [0.3, 0.4) is 0 Å². The van der Waals surface area contributed by atoms with Crippen molar-refractivity contribution in [2.45, 2.75) is 32.7 Å². The SMILES string of the molecule is C=CCOc1ccc(C[NH+](C)CC(=O)Nc2ccccc2[C@H](C)CC)cc1. The van der Waals surface area contributed by atoms with Gasteiger partial charge in [0.05, 0.1) is 7.05 Å².